The molecule has 130 valence electrons. The van der Waals surface area contributed by atoms with E-state index in [0.29, 0.717) is 11.6 Å². The molecule has 0 spiro atoms. The summed E-state index contributed by atoms with van der Waals surface area (Å²) in [5, 5.41) is 21.8. The largest absolute Gasteiger partial charge is 0.379 e. The van der Waals surface area contributed by atoms with E-state index in [0.717, 1.165) is 50.5 Å². The summed E-state index contributed by atoms with van der Waals surface area (Å²) in [5.41, 5.74) is 1.79. The molecular weight excluding hydrogens is 316 g/mol. The van der Waals surface area contributed by atoms with Crippen LogP contribution in [-0.2, 0) is 4.74 Å². The number of hydrogen-bond acceptors (Lipinski definition) is 6. The summed E-state index contributed by atoms with van der Waals surface area (Å²) in [5.74, 6) is 0.901. The SMILES string of the molecule is N#Cc1ccc([C@@H](c2nnnn2C2CCCC2)N2CCOCC2)cc1. The predicted molar refractivity (Wildman–Crippen MR) is 90.7 cm³/mol. The minimum atomic E-state index is -0.00718. The molecule has 0 radical (unpaired) electrons. The highest BCUT2D eigenvalue weighted by Crippen LogP contribution is 2.34. The van der Waals surface area contributed by atoms with Gasteiger partial charge in [0.25, 0.3) is 0 Å². The number of aromatic nitrogens is 4. The van der Waals surface area contributed by atoms with Gasteiger partial charge in [-0.2, -0.15) is 5.26 Å². The monoisotopic (exact) mass is 338 g/mol. The van der Waals surface area contributed by atoms with Crippen molar-refractivity contribution >= 4 is 0 Å². The Bertz CT molecular complexity index is 738. The molecule has 0 bridgehead atoms. The Morgan fingerprint density at radius 1 is 1.12 bits per heavy atom. The third-order valence-corrected chi connectivity index (χ3v) is 5.20. The maximum Gasteiger partial charge on any atom is 0.173 e. The summed E-state index contributed by atoms with van der Waals surface area (Å²) in [7, 11) is 0. The van der Waals surface area contributed by atoms with Crippen molar-refractivity contribution in [2.45, 2.75) is 37.8 Å². The molecule has 1 atom stereocenters. The highest BCUT2D eigenvalue weighted by atomic mass is 16.5. The molecule has 0 unspecified atom stereocenters. The first-order chi connectivity index (χ1) is 12.4. The van der Waals surface area contributed by atoms with Crippen LogP contribution in [0.3, 0.4) is 0 Å². The second kappa shape index (κ2) is 7.30. The lowest BCUT2D eigenvalue weighted by Gasteiger charge is -2.34. The van der Waals surface area contributed by atoms with Gasteiger partial charge in [-0.05, 0) is 41.0 Å². The van der Waals surface area contributed by atoms with E-state index < -0.39 is 0 Å². The van der Waals surface area contributed by atoms with Crippen molar-refractivity contribution in [3.8, 4) is 6.07 Å². The van der Waals surface area contributed by atoms with Crippen molar-refractivity contribution in [2.75, 3.05) is 26.3 Å². The van der Waals surface area contributed by atoms with E-state index in [1.54, 1.807) is 0 Å². The highest BCUT2D eigenvalue weighted by Gasteiger charge is 2.32. The topological polar surface area (TPSA) is 79.9 Å². The summed E-state index contributed by atoms with van der Waals surface area (Å²) >= 11 is 0. The van der Waals surface area contributed by atoms with Crippen molar-refractivity contribution in [1.82, 2.24) is 25.1 Å². The third-order valence-electron chi connectivity index (χ3n) is 5.20. The Morgan fingerprint density at radius 3 is 2.52 bits per heavy atom. The molecule has 25 heavy (non-hydrogen) atoms. The van der Waals surface area contributed by atoms with Gasteiger partial charge in [0.05, 0.1) is 36.9 Å². The normalized spacial score (nSPS) is 20.4. The van der Waals surface area contributed by atoms with Crippen LogP contribution in [-0.4, -0.2) is 51.4 Å². The quantitative estimate of drug-likeness (QED) is 0.849. The van der Waals surface area contributed by atoms with Crippen LogP contribution in [0.25, 0.3) is 0 Å². The van der Waals surface area contributed by atoms with E-state index in [2.05, 4.69) is 26.5 Å². The first kappa shape index (κ1) is 16.2. The van der Waals surface area contributed by atoms with Crippen molar-refractivity contribution in [1.29, 1.82) is 5.26 Å². The number of nitriles is 1. The van der Waals surface area contributed by atoms with Gasteiger partial charge in [0.2, 0.25) is 0 Å². The molecule has 1 aromatic heterocycles. The summed E-state index contributed by atoms with van der Waals surface area (Å²) in [4.78, 5) is 2.38. The fraction of sp³-hybridized carbons (Fsp3) is 0.556. The van der Waals surface area contributed by atoms with Crippen LogP contribution in [0.2, 0.25) is 0 Å². The minimum Gasteiger partial charge on any atom is -0.379 e. The van der Waals surface area contributed by atoms with Crippen molar-refractivity contribution < 1.29 is 4.74 Å². The van der Waals surface area contributed by atoms with Gasteiger partial charge in [0.1, 0.15) is 0 Å². The first-order valence-electron chi connectivity index (χ1n) is 8.96. The molecule has 1 saturated carbocycles. The predicted octanol–water partition coefficient (Wildman–Crippen LogP) is 2.08. The second-order valence-electron chi connectivity index (χ2n) is 6.70. The molecule has 1 saturated heterocycles. The Balaban J connectivity index is 1.72. The van der Waals surface area contributed by atoms with Gasteiger partial charge in [-0.15, -0.1) is 5.10 Å². The van der Waals surface area contributed by atoms with Gasteiger partial charge in [-0.3, -0.25) is 4.90 Å². The molecule has 2 fully saturated rings. The number of benzene rings is 1. The Morgan fingerprint density at radius 2 is 1.84 bits per heavy atom. The molecule has 1 aromatic carbocycles. The Kier molecular flexibility index (Phi) is 4.72. The first-order valence-corrected chi connectivity index (χ1v) is 8.96. The molecule has 2 heterocycles. The lowest BCUT2D eigenvalue weighted by molar-refractivity contribution is 0.0213. The van der Waals surface area contributed by atoms with E-state index in [1.807, 2.05) is 28.9 Å². The van der Waals surface area contributed by atoms with Gasteiger partial charge < -0.3 is 4.74 Å². The number of tetrazole rings is 1. The molecule has 0 N–H and O–H groups in total. The van der Waals surface area contributed by atoms with Crippen LogP contribution >= 0.6 is 0 Å². The number of nitrogens with zero attached hydrogens (tertiary/aromatic N) is 6. The molecular formula is C18H22N6O. The molecule has 2 aliphatic rings. The van der Waals surface area contributed by atoms with Crippen LogP contribution in [0.4, 0.5) is 0 Å². The molecule has 7 heteroatoms. The zero-order valence-corrected chi connectivity index (χ0v) is 14.2. The molecule has 0 amide bonds. The Hall–Kier alpha value is -2.30. The third kappa shape index (κ3) is 3.28. The number of hydrogen-bond donors (Lipinski definition) is 0. The van der Waals surface area contributed by atoms with E-state index in [4.69, 9.17) is 10.00 Å². The zero-order valence-electron chi connectivity index (χ0n) is 14.2. The zero-order chi connectivity index (χ0) is 17.1. The van der Waals surface area contributed by atoms with E-state index in [-0.39, 0.29) is 6.04 Å². The minimum absolute atomic E-state index is 0.00718. The molecule has 7 nitrogen and oxygen atoms in total. The molecule has 2 aromatic rings. The standard InChI is InChI=1S/C18H22N6O/c19-13-14-5-7-15(8-6-14)17(23-9-11-25-12-10-23)18-20-21-22-24(18)16-3-1-2-4-16/h5-8,16-17H,1-4,9-12H2/t17-/m0/s1. The van der Waals surface area contributed by atoms with Crippen LogP contribution in [0.1, 0.15) is 54.7 Å². The maximum absolute atomic E-state index is 9.07. The summed E-state index contributed by atoms with van der Waals surface area (Å²) < 4.78 is 7.56. The second-order valence-corrected chi connectivity index (χ2v) is 6.70. The summed E-state index contributed by atoms with van der Waals surface area (Å²) in [6.07, 6.45) is 4.76. The van der Waals surface area contributed by atoms with Gasteiger partial charge in [0, 0.05) is 13.1 Å². The van der Waals surface area contributed by atoms with Crippen molar-refractivity contribution in [3.05, 3.63) is 41.2 Å². The Labute approximate surface area is 147 Å². The van der Waals surface area contributed by atoms with Crippen molar-refractivity contribution in [3.63, 3.8) is 0 Å². The fourth-order valence-electron chi connectivity index (χ4n) is 3.89. The number of rotatable bonds is 4. The average molecular weight is 338 g/mol. The van der Waals surface area contributed by atoms with Crippen molar-refractivity contribution in [2.24, 2.45) is 0 Å². The lowest BCUT2D eigenvalue weighted by Crippen LogP contribution is -2.40. The highest BCUT2D eigenvalue weighted by molar-refractivity contribution is 5.34. The maximum atomic E-state index is 9.07. The van der Waals surface area contributed by atoms with Crippen LogP contribution in [0, 0.1) is 11.3 Å². The lowest BCUT2D eigenvalue weighted by atomic mass is 10.0. The van der Waals surface area contributed by atoms with Gasteiger partial charge >= 0.3 is 0 Å². The summed E-state index contributed by atoms with van der Waals surface area (Å²) in [6, 6.07) is 10.3. The smallest absolute Gasteiger partial charge is 0.173 e. The van der Waals surface area contributed by atoms with Crippen LogP contribution in [0.15, 0.2) is 24.3 Å². The fourth-order valence-corrected chi connectivity index (χ4v) is 3.89. The van der Waals surface area contributed by atoms with Crippen LogP contribution in [0.5, 0.6) is 0 Å². The van der Waals surface area contributed by atoms with E-state index in [1.165, 1.54) is 12.8 Å². The van der Waals surface area contributed by atoms with Gasteiger partial charge in [-0.25, -0.2) is 4.68 Å². The number of morpholine rings is 1. The summed E-state index contributed by atoms with van der Waals surface area (Å²) in [6.45, 7) is 3.14. The number of ether oxygens (including phenoxy) is 1. The average Bonchev–Trinajstić information content (AvgIpc) is 3.35. The van der Waals surface area contributed by atoms with E-state index >= 15 is 0 Å². The molecule has 4 rings (SSSR count). The molecule has 1 aliphatic heterocycles. The van der Waals surface area contributed by atoms with Gasteiger partial charge in [-0.1, -0.05) is 25.0 Å². The van der Waals surface area contributed by atoms with Crippen LogP contribution < -0.4 is 0 Å². The molecule has 1 aliphatic carbocycles. The van der Waals surface area contributed by atoms with Gasteiger partial charge in [0.15, 0.2) is 5.82 Å². The van der Waals surface area contributed by atoms with E-state index in [9.17, 15) is 0 Å².